The van der Waals surface area contributed by atoms with Gasteiger partial charge in [-0.2, -0.15) is 0 Å². The first-order chi connectivity index (χ1) is 33.1. The Morgan fingerprint density at radius 2 is 1.57 bits per heavy atom. The van der Waals surface area contributed by atoms with Crippen molar-refractivity contribution in [1.29, 1.82) is 0 Å². The highest BCUT2D eigenvalue weighted by Gasteiger charge is 2.34. The van der Waals surface area contributed by atoms with E-state index in [1.807, 2.05) is 44.1 Å². The first-order valence-corrected chi connectivity index (χ1v) is 24.4. The van der Waals surface area contributed by atoms with Crippen LogP contribution in [0.25, 0.3) is 32.2 Å². The average Bonchev–Trinajstić information content (AvgIpc) is 3.66. The van der Waals surface area contributed by atoms with Crippen molar-refractivity contribution in [1.82, 2.24) is 20.9 Å². The lowest BCUT2D eigenvalue weighted by Gasteiger charge is -2.33. The molecule has 17 heteroatoms. The van der Waals surface area contributed by atoms with E-state index in [2.05, 4.69) is 63.7 Å². The van der Waals surface area contributed by atoms with E-state index < -0.39 is 11.9 Å². The molecule has 0 spiro atoms. The van der Waals surface area contributed by atoms with Crippen LogP contribution in [0.1, 0.15) is 72.2 Å². The number of ether oxygens (including phenoxy) is 4. The molecule has 4 N–H and O–H groups in total. The molecule has 3 aliphatic rings. The number of pyridine rings is 1. The topological polar surface area (TPSA) is 190 Å². The van der Waals surface area contributed by atoms with Crippen LogP contribution in [0.4, 0.5) is 17.1 Å². The van der Waals surface area contributed by atoms with E-state index in [0.29, 0.717) is 77.2 Å². The number of para-hydroxylation sites is 1. The summed E-state index contributed by atoms with van der Waals surface area (Å²) in [5, 5.41) is 14.1. The standard InChI is InChI=1S/C51H61N7O9S/c1-32-29-52-47-46-38-15-16-39(55-40(38)17-19-43(46)68-49(47)51(63)53-32)35-9-7-33(8-10-35)34-11-13-37(14-12-34)54-45(61)30-67-28-27-66-26-25-65-24-23-64-22-21-36-5-4-6-41(48(36)57(2)3)58(31-59)42-18-20-44(60)56-50(42)62/h4-10,15-17,19,31-32,34,37,42,52H,11-14,18,20-30H2,1-3H3,(H,53,63)(H,54,61)(H,56,60,62)/t32-,34?,37?,42?/m1/s1. The van der Waals surface area contributed by atoms with E-state index in [0.717, 1.165) is 79.7 Å². The highest BCUT2D eigenvalue weighted by atomic mass is 32.1. The van der Waals surface area contributed by atoms with Gasteiger partial charge >= 0.3 is 0 Å². The monoisotopic (exact) mass is 947 g/mol. The summed E-state index contributed by atoms with van der Waals surface area (Å²) in [5.74, 6) is -0.521. The van der Waals surface area contributed by atoms with E-state index >= 15 is 0 Å². The van der Waals surface area contributed by atoms with Crippen molar-refractivity contribution >= 4 is 79.4 Å². The van der Waals surface area contributed by atoms with Gasteiger partial charge in [0.15, 0.2) is 0 Å². The molecule has 2 fully saturated rings. The number of hydrogen-bond donors (Lipinski definition) is 4. The Balaban J connectivity index is 0.674. The Morgan fingerprint density at radius 3 is 2.28 bits per heavy atom. The third kappa shape index (κ3) is 11.6. The summed E-state index contributed by atoms with van der Waals surface area (Å²) in [6, 6.07) is 22.0. The highest BCUT2D eigenvalue weighted by molar-refractivity contribution is 7.21. The van der Waals surface area contributed by atoms with E-state index in [1.165, 1.54) is 21.8 Å². The van der Waals surface area contributed by atoms with E-state index in [-0.39, 0.29) is 49.3 Å². The molecular weight excluding hydrogens is 887 g/mol. The van der Waals surface area contributed by atoms with Crippen LogP contribution >= 0.6 is 11.3 Å². The van der Waals surface area contributed by atoms with Crippen molar-refractivity contribution in [3.05, 3.63) is 82.7 Å². The molecule has 5 aromatic rings. The minimum atomic E-state index is -0.758. The molecule has 4 heterocycles. The van der Waals surface area contributed by atoms with Crippen LogP contribution in [0.5, 0.6) is 0 Å². The number of benzene rings is 3. The Hall–Kier alpha value is -5.98. The number of carbonyl (C=O) groups excluding carboxylic acids is 5. The smallest absolute Gasteiger partial charge is 0.263 e. The number of hydrogen-bond acceptors (Lipinski definition) is 13. The average molecular weight is 948 g/mol. The van der Waals surface area contributed by atoms with Crippen LogP contribution in [-0.2, 0) is 44.5 Å². The third-order valence-corrected chi connectivity index (χ3v) is 14.0. The minimum Gasteiger partial charge on any atom is -0.381 e. The Labute approximate surface area is 400 Å². The van der Waals surface area contributed by atoms with Gasteiger partial charge in [-0.25, -0.2) is 4.98 Å². The maximum Gasteiger partial charge on any atom is 0.263 e. The number of amides is 5. The first kappa shape index (κ1) is 48.5. The summed E-state index contributed by atoms with van der Waals surface area (Å²) >= 11 is 1.52. The number of piperidine rings is 1. The van der Waals surface area contributed by atoms with Gasteiger partial charge in [-0.15, -0.1) is 11.3 Å². The quantitative estimate of drug-likeness (QED) is 0.0385. The molecule has 2 aromatic heterocycles. The lowest BCUT2D eigenvalue weighted by atomic mass is 9.81. The molecule has 2 aliphatic heterocycles. The predicted octanol–water partition coefficient (Wildman–Crippen LogP) is 5.95. The Kier molecular flexibility index (Phi) is 16.3. The second-order valence-electron chi connectivity index (χ2n) is 17.8. The summed E-state index contributed by atoms with van der Waals surface area (Å²) in [6.07, 6.45) is 5.49. The minimum absolute atomic E-state index is 0.00936. The van der Waals surface area contributed by atoms with Crippen molar-refractivity contribution in [3.63, 3.8) is 0 Å². The molecule has 1 saturated carbocycles. The molecule has 0 radical (unpaired) electrons. The van der Waals surface area contributed by atoms with Crippen molar-refractivity contribution in [2.24, 2.45) is 0 Å². The number of fused-ring (bicyclic) bond motifs is 5. The zero-order valence-electron chi connectivity index (χ0n) is 39.0. The van der Waals surface area contributed by atoms with Crippen molar-refractivity contribution < 1.29 is 42.9 Å². The fourth-order valence-electron chi connectivity index (χ4n) is 9.41. The van der Waals surface area contributed by atoms with Crippen molar-refractivity contribution in [2.45, 2.75) is 75.9 Å². The van der Waals surface area contributed by atoms with Crippen LogP contribution in [-0.4, -0.2) is 127 Å². The molecule has 5 amide bonds. The maximum absolute atomic E-state index is 12.8. The molecule has 360 valence electrons. The number of carbonyl (C=O) groups is 5. The molecule has 0 bridgehead atoms. The van der Waals surface area contributed by atoms with Gasteiger partial charge in [0, 0.05) is 60.2 Å². The van der Waals surface area contributed by atoms with Crippen molar-refractivity contribution in [3.8, 4) is 11.3 Å². The van der Waals surface area contributed by atoms with E-state index in [4.69, 9.17) is 23.9 Å². The number of thiophene rings is 1. The number of nitrogens with one attached hydrogen (secondary N) is 4. The molecule has 16 nitrogen and oxygen atoms in total. The molecule has 1 aliphatic carbocycles. The van der Waals surface area contributed by atoms with Gasteiger partial charge in [0.25, 0.3) is 5.91 Å². The van der Waals surface area contributed by atoms with Gasteiger partial charge in [0.05, 0.1) is 74.5 Å². The molecule has 68 heavy (non-hydrogen) atoms. The summed E-state index contributed by atoms with van der Waals surface area (Å²) in [6.45, 7) is 5.34. The Bertz CT molecular complexity index is 2590. The zero-order valence-corrected chi connectivity index (χ0v) is 39.8. The van der Waals surface area contributed by atoms with Crippen LogP contribution in [0.2, 0.25) is 0 Å². The second kappa shape index (κ2) is 22.9. The van der Waals surface area contributed by atoms with E-state index in [9.17, 15) is 24.0 Å². The van der Waals surface area contributed by atoms with Crippen LogP contribution < -0.4 is 31.1 Å². The van der Waals surface area contributed by atoms with Gasteiger partial charge in [0.1, 0.15) is 17.5 Å². The second-order valence-corrected chi connectivity index (χ2v) is 18.9. The molecule has 2 atom stereocenters. The fourth-order valence-corrected chi connectivity index (χ4v) is 10.5. The SMILES string of the molecule is C[C@@H]1CNc2c(sc3ccc4nc(-c5ccc(C6CCC(NC(=O)COCCOCCOCCOCCc7cccc(N(C=O)C8CCC(=O)NC8=O)c7N(C)C)CC6)cc5)ccc4c23)C(=O)N1. The van der Waals surface area contributed by atoms with E-state index in [1.54, 1.807) is 6.07 Å². The Morgan fingerprint density at radius 1 is 0.853 bits per heavy atom. The number of aromatic nitrogens is 1. The predicted molar refractivity (Wildman–Crippen MR) is 264 cm³/mol. The molecule has 1 saturated heterocycles. The van der Waals surface area contributed by atoms with Gasteiger partial charge in [-0.3, -0.25) is 29.3 Å². The van der Waals surface area contributed by atoms with Gasteiger partial charge in [0.2, 0.25) is 24.1 Å². The fraction of sp³-hybridized carbons (Fsp3) is 0.451. The van der Waals surface area contributed by atoms with Crippen molar-refractivity contribution in [2.75, 3.05) is 88.6 Å². The molecular formula is C51H61N7O9S. The molecule has 1 unspecified atom stereocenters. The first-order valence-electron chi connectivity index (χ1n) is 23.6. The lowest BCUT2D eigenvalue weighted by Crippen LogP contribution is -2.52. The largest absolute Gasteiger partial charge is 0.381 e. The molecule has 3 aromatic carbocycles. The zero-order chi connectivity index (χ0) is 47.6. The van der Waals surface area contributed by atoms with Crippen LogP contribution in [0.15, 0.2) is 66.7 Å². The third-order valence-electron chi connectivity index (χ3n) is 12.8. The van der Waals surface area contributed by atoms with Crippen LogP contribution in [0, 0.1) is 0 Å². The molecule has 8 rings (SSSR count). The van der Waals surface area contributed by atoms with Crippen LogP contribution in [0.3, 0.4) is 0 Å². The summed E-state index contributed by atoms with van der Waals surface area (Å²) < 4.78 is 23.7. The highest BCUT2D eigenvalue weighted by Crippen LogP contribution is 2.42. The summed E-state index contributed by atoms with van der Waals surface area (Å²) in [7, 11) is 3.76. The van der Waals surface area contributed by atoms with Gasteiger partial charge in [-0.1, -0.05) is 36.4 Å². The maximum atomic E-state index is 12.8. The number of rotatable bonds is 21. The number of nitrogens with zero attached hydrogens (tertiary/aromatic N) is 3. The number of imide groups is 1. The number of anilines is 3. The summed E-state index contributed by atoms with van der Waals surface area (Å²) in [5.41, 5.74) is 7.43. The van der Waals surface area contributed by atoms with Gasteiger partial charge < -0.3 is 44.7 Å². The van der Waals surface area contributed by atoms with Gasteiger partial charge in [-0.05, 0) is 92.8 Å². The normalized spacial score (nSPS) is 19.4. The summed E-state index contributed by atoms with van der Waals surface area (Å²) in [4.78, 5) is 70.9. The lowest BCUT2D eigenvalue weighted by molar-refractivity contribution is -0.135.